The molecule has 0 aromatic heterocycles. The van der Waals surface area contributed by atoms with Gasteiger partial charge in [0.2, 0.25) is 0 Å². The highest BCUT2D eigenvalue weighted by molar-refractivity contribution is 6.23. The van der Waals surface area contributed by atoms with E-state index in [2.05, 4.69) is 5.32 Å². The van der Waals surface area contributed by atoms with Crippen molar-refractivity contribution in [3.63, 3.8) is 0 Å². The lowest BCUT2D eigenvalue weighted by Gasteiger charge is -2.28. The van der Waals surface area contributed by atoms with Crippen LogP contribution in [0.2, 0.25) is 0 Å². The van der Waals surface area contributed by atoms with Gasteiger partial charge in [0.15, 0.2) is 0 Å². The first-order valence-corrected chi connectivity index (χ1v) is 11.1. The van der Waals surface area contributed by atoms with E-state index in [1.807, 2.05) is 0 Å². The first-order chi connectivity index (χ1) is 17.7. The molecule has 2 N–H and O–H groups in total. The molecule has 1 aliphatic rings. The minimum absolute atomic E-state index is 0.0347. The quantitative estimate of drug-likeness (QED) is 0.292. The highest BCUT2D eigenvalue weighted by Crippen LogP contribution is 2.38. The molecule has 0 radical (unpaired) electrons. The Morgan fingerprint density at radius 2 is 1.63 bits per heavy atom. The lowest BCUT2D eigenvalue weighted by molar-refractivity contribution is -0.140. The monoisotopic (exact) mass is 533 g/mol. The number of amides is 3. The molecule has 1 fully saturated rings. The van der Waals surface area contributed by atoms with E-state index in [0.29, 0.717) is 28.3 Å². The van der Waals surface area contributed by atoms with E-state index >= 15 is 0 Å². The number of rotatable bonds is 6. The van der Waals surface area contributed by atoms with Crippen molar-refractivity contribution in [1.29, 1.82) is 0 Å². The fourth-order valence-corrected chi connectivity index (χ4v) is 4.02. The van der Waals surface area contributed by atoms with Gasteiger partial charge in [0.1, 0.15) is 17.2 Å². The van der Waals surface area contributed by atoms with Crippen LogP contribution in [0.5, 0.6) is 0 Å². The average molecular weight is 533 g/mol. The van der Waals surface area contributed by atoms with Gasteiger partial charge in [0.25, 0.3) is 5.91 Å². The van der Waals surface area contributed by atoms with E-state index in [-0.39, 0.29) is 17.8 Å². The summed E-state index contributed by atoms with van der Waals surface area (Å²) >= 11 is 0. The number of carboxylic acid groups (broad SMARTS) is 1. The molecule has 3 aromatic rings. The van der Waals surface area contributed by atoms with Crippen LogP contribution in [0.3, 0.4) is 0 Å². The minimum Gasteiger partial charge on any atom is -0.478 e. The second-order valence-electron chi connectivity index (χ2n) is 9.04. The standard InChI is InChI=1S/C26H20F5N3O4/c1-25(2)23(37)34(18-9-10-20(28)19(12-18)26(29,30)31)24(38)33(25)13-15-3-6-16(27)11-21(15)32-17-7-4-14(5-8-17)22(35)36/h3-12,32H,13H2,1-2H3,(H,35,36). The number of halogens is 5. The normalized spacial score (nSPS) is 15.2. The summed E-state index contributed by atoms with van der Waals surface area (Å²) in [5.74, 6) is -4.12. The van der Waals surface area contributed by atoms with Gasteiger partial charge >= 0.3 is 18.2 Å². The van der Waals surface area contributed by atoms with E-state index < -0.39 is 52.5 Å². The van der Waals surface area contributed by atoms with Gasteiger partial charge in [-0.3, -0.25) is 4.79 Å². The minimum atomic E-state index is -5.04. The van der Waals surface area contributed by atoms with Crippen LogP contribution in [-0.4, -0.2) is 33.5 Å². The summed E-state index contributed by atoms with van der Waals surface area (Å²) in [6, 6.07) is 10.1. The predicted molar refractivity (Wildman–Crippen MR) is 127 cm³/mol. The number of hydrogen-bond donors (Lipinski definition) is 2. The molecule has 3 amide bonds. The van der Waals surface area contributed by atoms with Crippen molar-refractivity contribution < 1.29 is 41.4 Å². The summed E-state index contributed by atoms with van der Waals surface area (Å²) in [4.78, 5) is 39.2. The van der Waals surface area contributed by atoms with Crippen LogP contribution in [0.1, 0.15) is 35.3 Å². The fourth-order valence-electron chi connectivity index (χ4n) is 4.02. The second kappa shape index (κ2) is 9.43. The Bertz CT molecular complexity index is 1440. The Morgan fingerprint density at radius 3 is 2.24 bits per heavy atom. The second-order valence-corrected chi connectivity index (χ2v) is 9.04. The molecule has 7 nitrogen and oxygen atoms in total. The Kier molecular flexibility index (Phi) is 6.60. The zero-order valence-corrected chi connectivity index (χ0v) is 19.9. The van der Waals surface area contributed by atoms with Crippen molar-refractivity contribution in [2.24, 2.45) is 0 Å². The lowest BCUT2D eigenvalue weighted by atomic mass is 10.0. The molecule has 1 saturated heterocycles. The zero-order chi connectivity index (χ0) is 28.0. The molecule has 1 heterocycles. The third-order valence-electron chi connectivity index (χ3n) is 6.15. The highest BCUT2D eigenvalue weighted by atomic mass is 19.4. The molecular weight excluding hydrogens is 513 g/mol. The first kappa shape index (κ1) is 26.6. The van der Waals surface area contributed by atoms with Gasteiger partial charge < -0.3 is 15.3 Å². The number of carbonyl (C=O) groups is 3. The van der Waals surface area contributed by atoms with Crippen molar-refractivity contribution >= 4 is 35.0 Å². The van der Waals surface area contributed by atoms with E-state index in [1.54, 1.807) is 0 Å². The maximum absolute atomic E-state index is 14.1. The van der Waals surface area contributed by atoms with Crippen molar-refractivity contribution in [2.45, 2.75) is 32.1 Å². The topological polar surface area (TPSA) is 90.0 Å². The SMILES string of the molecule is CC1(C)C(=O)N(c2ccc(F)c(C(F)(F)F)c2)C(=O)N1Cc1ccc(F)cc1Nc1ccc(C(=O)O)cc1. The molecule has 198 valence electrons. The summed E-state index contributed by atoms with van der Waals surface area (Å²) < 4.78 is 67.6. The van der Waals surface area contributed by atoms with E-state index in [4.69, 9.17) is 5.11 Å². The third-order valence-corrected chi connectivity index (χ3v) is 6.15. The first-order valence-electron chi connectivity index (χ1n) is 11.1. The number of alkyl halides is 3. The number of hydrogen-bond acceptors (Lipinski definition) is 4. The zero-order valence-electron chi connectivity index (χ0n) is 19.9. The van der Waals surface area contributed by atoms with Crippen molar-refractivity contribution in [1.82, 2.24) is 4.90 Å². The predicted octanol–water partition coefficient (Wildman–Crippen LogP) is 6.17. The number of carboxylic acids is 1. The number of carbonyl (C=O) groups excluding carboxylic acids is 2. The molecular formula is C26H20F5N3O4. The van der Waals surface area contributed by atoms with Crippen molar-refractivity contribution in [3.05, 3.63) is 89.0 Å². The van der Waals surface area contributed by atoms with Gasteiger partial charge in [-0.1, -0.05) is 6.07 Å². The molecule has 0 unspecified atom stereocenters. The van der Waals surface area contributed by atoms with Crippen molar-refractivity contribution in [3.8, 4) is 0 Å². The summed E-state index contributed by atoms with van der Waals surface area (Å²) in [6.07, 6.45) is -5.04. The summed E-state index contributed by atoms with van der Waals surface area (Å²) in [7, 11) is 0. The molecule has 0 bridgehead atoms. The maximum atomic E-state index is 14.1. The molecule has 1 aliphatic heterocycles. The summed E-state index contributed by atoms with van der Waals surface area (Å²) in [6.45, 7) is 2.57. The molecule has 12 heteroatoms. The molecule has 38 heavy (non-hydrogen) atoms. The number of imide groups is 1. The van der Waals surface area contributed by atoms with E-state index in [0.717, 1.165) is 23.1 Å². The van der Waals surface area contributed by atoms with Crippen molar-refractivity contribution in [2.75, 3.05) is 10.2 Å². The summed E-state index contributed by atoms with van der Waals surface area (Å²) in [5, 5.41) is 12.0. The van der Waals surface area contributed by atoms with Crippen LogP contribution in [-0.2, 0) is 17.5 Å². The number of urea groups is 1. The van der Waals surface area contributed by atoms with Crippen LogP contribution in [0.4, 0.5) is 43.8 Å². The fraction of sp³-hybridized carbons (Fsp3) is 0.192. The molecule has 4 rings (SSSR count). The Hall–Kier alpha value is -4.48. The number of anilines is 3. The average Bonchev–Trinajstić information content (AvgIpc) is 3.00. The Labute approximate surface area is 213 Å². The lowest BCUT2D eigenvalue weighted by Crippen LogP contribution is -2.43. The number of benzene rings is 3. The summed E-state index contributed by atoms with van der Waals surface area (Å²) in [5.41, 5.74) is -2.56. The molecule has 0 atom stereocenters. The molecule has 3 aromatic carbocycles. The van der Waals surface area contributed by atoms with Crippen LogP contribution >= 0.6 is 0 Å². The molecule has 0 aliphatic carbocycles. The van der Waals surface area contributed by atoms with Gasteiger partial charge in [-0.15, -0.1) is 0 Å². The molecule has 0 spiro atoms. The number of aromatic carboxylic acids is 1. The number of nitrogens with one attached hydrogen (secondary N) is 1. The van der Waals surface area contributed by atoms with Gasteiger partial charge in [0, 0.05) is 11.4 Å². The van der Waals surface area contributed by atoms with Gasteiger partial charge in [-0.25, -0.2) is 23.3 Å². The Balaban J connectivity index is 1.67. The smallest absolute Gasteiger partial charge is 0.419 e. The van der Waals surface area contributed by atoms with Gasteiger partial charge in [-0.05, 0) is 74.0 Å². The Morgan fingerprint density at radius 1 is 0.974 bits per heavy atom. The maximum Gasteiger partial charge on any atom is 0.419 e. The van der Waals surface area contributed by atoms with E-state index in [9.17, 15) is 36.3 Å². The van der Waals surface area contributed by atoms with E-state index in [1.165, 1.54) is 44.2 Å². The third kappa shape index (κ3) is 4.89. The van der Waals surface area contributed by atoms with Crippen LogP contribution in [0.25, 0.3) is 0 Å². The van der Waals surface area contributed by atoms with Crippen LogP contribution in [0, 0.1) is 11.6 Å². The van der Waals surface area contributed by atoms with Crippen LogP contribution in [0.15, 0.2) is 60.7 Å². The van der Waals surface area contributed by atoms with Crippen LogP contribution < -0.4 is 10.2 Å². The van der Waals surface area contributed by atoms with Gasteiger partial charge in [-0.2, -0.15) is 13.2 Å². The van der Waals surface area contributed by atoms with Gasteiger partial charge in [0.05, 0.1) is 23.4 Å². The number of nitrogens with zero attached hydrogens (tertiary/aromatic N) is 2. The highest BCUT2D eigenvalue weighted by Gasteiger charge is 2.52. The molecule has 0 saturated carbocycles. The largest absolute Gasteiger partial charge is 0.478 e.